The van der Waals surface area contributed by atoms with Crippen LogP contribution in [0.15, 0.2) is 18.2 Å². The molecule has 1 aliphatic rings. The van der Waals surface area contributed by atoms with Crippen LogP contribution in [0.3, 0.4) is 0 Å². The molecule has 0 aliphatic carbocycles. The third kappa shape index (κ3) is 6.27. The lowest BCUT2D eigenvalue weighted by atomic mass is 10.0. The number of nitrogen functional groups attached to an aromatic ring is 1. The maximum atomic E-state index is 12.9. The number of benzene rings is 1. The molecule has 2 amide bonds. The minimum atomic E-state index is -0.568. The first-order chi connectivity index (χ1) is 13.4. The second-order valence-corrected chi connectivity index (χ2v) is 9.18. The first kappa shape index (κ1) is 22.8. The Labute approximate surface area is 174 Å². The molecule has 0 spiro atoms. The molecule has 2 N–H and O–H groups in total. The summed E-state index contributed by atoms with van der Waals surface area (Å²) in [5, 5.41) is 0. The van der Waals surface area contributed by atoms with E-state index in [2.05, 4.69) is 0 Å². The van der Waals surface area contributed by atoms with E-state index in [0.29, 0.717) is 24.5 Å². The zero-order valence-electron chi connectivity index (χ0n) is 18.7. The molecule has 1 heterocycles. The third-order valence-electron chi connectivity index (χ3n) is 4.93. The number of fused-ring (bicyclic) bond motifs is 1. The maximum Gasteiger partial charge on any atom is 0.410 e. The van der Waals surface area contributed by atoms with Crippen molar-refractivity contribution in [3.8, 4) is 5.75 Å². The van der Waals surface area contributed by atoms with E-state index in [9.17, 15) is 9.59 Å². The minimum Gasteiger partial charge on any atom is -0.488 e. The van der Waals surface area contributed by atoms with Gasteiger partial charge >= 0.3 is 6.09 Å². The quantitative estimate of drug-likeness (QED) is 0.780. The van der Waals surface area contributed by atoms with Crippen LogP contribution in [0.1, 0.15) is 47.1 Å². The number of carbonyl (C=O) groups is 2. The third-order valence-corrected chi connectivity index (χ3v) is 4.93. The molecule has 7 nitrogen and oxygen atoms in total. The topological polar surface area (TPSA) is 85.1 Å². The average molecular weight is 406 g/mol. The summed E-state index contributed by atoms with van der Waals surface area (Å²) in [6, 6.07) is 5.42. The zero-order valence-corrected chi connectivity index (χ0v) is 18.7. The molecule has 1 aromatic carbocycles. The Morgan fingerprint density at radius 3 is 2.62 bits per heavy atom. The summed E-state index contributed by atoms with van der Waals surface area (Å²) in [7, 11) is 1.70. The number of ether oxygens (including phenoxy) is 2. The van der Waals surface area contributed by atoms with Gasteiger partial charge in [-0.05, 0) is 52.8 Å². The summed E-state index contributed by atoms with van der Waals surface area (Å²) in [6.45, 7) is 12.5. The second-order valence-electron chi connectivity index (χ2n) is 9.18. The highest BCUT2D eigenvalue weighted by molar-refractivity contribution is 5.80. The van der Waals surface area contributed by atoms with Crippen molar-refractivity contribution in [2.45, 2.75) is 65.7 Å². The molecule has 29 heavy (non-hydrogen) atoms. The number of hydrogen-bond donors (Lipinski definition) is 1. The SMILES string of the molecule is CC1CN(C(C)C)C(=O)Cc2cc(N)ccc2OC1CN(C)C(=O)OC(C)(C)C. The first-order valence-electron chi connectivity index (χ1n) is 10.2. The lowest BCUT2D eigenvalue weighted by molar-refractivity contribution is -0.133. The minimum absolute atomic E-state index is 0.00902. The predicted molar refractivity (Wildman–Crippen MR) is 114 cm³/mol. The molecule has 2 rings (SSSR count). The van der Waals surface area contributed by atoms with E-state index in [1.165, 1.54) is 4.90 Å². The van der Waals surface area contributed by atoms with Crippen LogP contribution in [0.25, 0.3) is 0 Å². The van der Waals surface area contributed by atoms with Crippen molar-refractivity contribution in [1.29, 1.82) is 0 Å². The number of anilines is 1. The van der Waals surface area contributed by atoms with Gasteiger partial charge in [-0.2, -0.15) is 0 Å². The molecule has 0 saturated carbocycles. The van der Waals surface area contributed by atoms with Crippen LogP contribution >= 0.6 is 0 Å². The van der Waals surface area contributed by atoms with Gasteiger partial charge in [-0.1, -0.05) is 6.92 Å². The summed E-state index contributed by atoms with van der Waals surface area (Å²) >= 11 is 0. The van der Waals surface area contributed by atoms with E-state index in [1.54, 1.807) is 25.2 Å². The van der Waals surface area contributed by atoms with Crippen molar-refractivity contribution < 1.29 is 19.1 Å². The molecule has 1 aromatic rings. The van der Waals surface area contributed by atoms with Crippen molar-refractivity contribution >= 4 is 17.7 Å². The lowest BCUT2D eigenvalue weighted by Crippen LogP contribution is -2.47. The summed E-state index contributed by atoms with van der Waals surface area (Å²) in [5.74, 6) is 0.686. The Hall–Kier alpha value is -2.44. The molecule has 2 atom stereocenters. The van der Waals surface area contributed by atoms with E-state index in [-0.39, 0.29) is 30.4 Å². The summed E-state index contributed by atoms with van der Waals surface area (Å²) in [4.78, 5) is 28.8. The highest BCUT2D eigenvalue weighted by Crippen LogP contribution is 2.28. The van der Waals surface area contributed by atoms with Gasteiger partial charge in [0.2, 0.25) is 5.91 Å². The molecule has 0 fully saturated rings. The van der Waals surface area contributed by atoms with Crippen molar-refractivity contribution in [2.24, 2.45) is 5.92 Å². The Morgan fingerprint density at radius 2 is 2.03 bits per heavy atom. The van der Waals surface area contributed by atoms with Crippen LogP contribution < -0.4 is 10.5 Å². The van der Waals surface area contributed by atoms with Gasteiger partial charge in [-0.25, -0.2) is 4.79 Å². The van der Waals surface area contributed by atoms with Crippen LogP contribution in [0, 0.1) is 5.92 Å². The van der Waals surface area contributed by atoms with Crippen LogP contribution in [-0.2, 0) is 16.0 Å². The molecular formula is C22H35N3O4. The van der Waals surface area contributed by atoms with Crippen LogP contribution in [0.2, 0.25) is 0 Å². The van der Waals surface area contributed by atoms with Gasteiger partial charge in [0.15, 0.2) is 0 Å². The molecule has 1 aliphatic heterocycles. The molecular weight excluding hydrogens is 370 g/mol. The number of hydrogen-bond acceptors (Lipinski definition) is 5. The number of amides is 2. The molecule has 0 saturated heterocycles. The smallest absolute Gasteiger partial charge is 0.410 e. The molecule has 162 valence electrons. The van der Waals surface area contributed by atoms with Gasteiger partial charge in [0.1, 0.15) is 17.5 Å². The Bertz CT molecular complexity index is 742. The fraction of sp³-hybridized carbons (Fsp3) is 0.636. The largest absolute Gasteiger partial charge is 0.488 e. The van der Waals surface area contributed by atoms with Crippen molar-refractivity contribution in [1.82, 2.24) is 9.80 Å². The predicted octanol–water partition coefficient (Wildman–Crippen LogP) is 3.31. The molecule has 0 aromatic heterocycles. The van der Waals surface area contributed by atoms with E-state index in [1.807, 2.05) is 46.4 Å². The fourth-order valence-corrected chi connectivity index (χ4v) is 3.33. The number of rotatable bonds is 3. The average Bonchev–Trinajstić information content (AvgIpc) is 2.62. The molecule has 0 bridgehead atoms. The lowest BCUT2D eigenvalue weighted by Gasteiger charge is -2.34. The fourth-order valence-electron chi connectivity index (χ4n) is 3.33. The van der Waals surface area contributed by atoms with Crippen LogP contribution in [0.5, 0.6) is 5.75 Å². The zero-order chi connectivity index (χ0) is 21.9. The van der Waals surface area contributed by atoms with Crippen molar-refractivity contribution in [2.75, 3.05) is 25.9 Å². The Morgan fingerprint density at radius 1 is 1.38 bits per heavy atom. The molecule has 2 unspecified atom stereocenters. The highest BCUT2D eigenvalue weighted by Gasteiger charge is 2.31. The van der Waals surface area contributed by atoms with Gasteiger partial charge in [0, 0.05) is 36.8 Å². The van der Waals surface area contributed by atoms with E-state index >= 15 is 0 Å². The first-order valence-corrected chi connectivity index (χ1v) is 10.2. The summed E-state index contributed by atoms with van der Waals surface area (Å²) in [5.41, 5.74) is 6.73. The normalized spacial score (nSPS) is 20.3. The molecule has 0 radical (unpaired) electrons. The maximum absolute atomic E-state index is 12.9. The van der Waals surface area contributed by atoms with E-state index in [0.717, 1.165) is 5.56 Å². The number of likely N-dealkylation sites (N-methyl/N-ethyl adjacent to an activating group) is 1. The van der Waals surface area contributed by atoms with Gasteiger partial charge in [0.05, 0.1) is 13.0 Å². The van der Waals surface area contributed by atoms with Gasteiger partial charge in [0.25, 0.3) is 0 Å². The standard InChI is InChI=1S/C22H35N3O4/c1-14(2)25-12-15(3)19(13-24(7)21(27)29-22(4,5)6)28-18-9-8-17(23)10-16(18)11-20(25)26/h8-10,14-15,19H,11-13,23H2,1-7H3. The molecule has 7 heteroatoms. The second kappa shape index (κ2) is 8.93. The summed E-state index contributed by atoms with van der Waals surface area (Å²) in [6.07, 6.45) is -0.468. The monoisotopic (exact) mass is 405 g/mol. The van der Waals surface area contributed by atoms with Gasteiger partial charge in [-0.15, -0.1) is 0 Å². The van der Waals surface area contributed by atoms with Crippen molar-refractivity contribution in [3.63, 3.8) is 0 Å². The Balaban J connectivity index is 2.32. The highest BCUT2D eigenvalue weighted by atomic mass is 16.6. The number of carbonyl (C=O) groups excluding carboxylic acids is 2. The van der Waals surface area contributed by atoms with Gasteiger partial charge in [-0.3, -0.25) is 4.79 Å². The van der Waals surface area contributed by atoms with Gasteiger partial charge < -0.3 is 25.0 Å². The number of nitrogens with zero attached hydrogens (tertiary/aromatic N) is 2. The summed E-state index contributed by atoms with van der Waals surface area (Å²) < 4.78 is 11.8. The van der Waals surface area contributed by atoms with E-state index < -0.39 is 11.7 Å². The number of nitrogens with two attached hydrogens (primary N) is 1. The van der Waals surface area contributed by atoms with Crippen molar-refractivity contribution in [3.05, 3.63) is 23.8 Å². The van der Waals surface area contributed by atoms with Crippen LogP contribution in [-0.4, -0.2) is 59.7 Å². The Kier molecular flexibility index (Phi) is 7.03. The van der Waals surface area contributed by atoms with Crippen LogP contribution in [0.4, 0.5) is 10.5 Å². The van der Waals surface area contributed by atoms with E-state index in [4.69, 9.17) is 15.2 Å².